The summed E-state index contributed by atoms with van der Waals surface area (Å²) in [5, 5.41) is 12.4. The molecule has 2 amide bonds. The summed E-state index contributed by atoms with van der Waals surface area (Å²) in [6.45, 7) is 1.29. The van der Waals surface area contributed by atoms with Gasteiger partial charge in [-0.25, -0.2) is 4.79 Å². The molecular formula is C10H18N2O2. The summed E-state index contributed by atoms with van der Waals surface area (Å²) >= 11 is 0. The number of amides is 2. The first kappa shape index (κ1) is 9.77. The SMILES string of the molecule is O=C(NC1CCC1)N1CCCC(O)C1. The van der Waals surface area contributed by atoms with Crippen molar-refractivity contribution in [3.63, 3.8) is 0 Å². The second-order valence-electron chi connectivity index (χ2n) is 4.32. The van der Waals surface area contributed by atoms with E-state index in [1.54, 1.807) is 4.90 Å². The fourth-order valence-electron chi connectivity index (χ4n) is 1.96. The summed E-state index contributed by atoms with van der Waals surface area (Å²) in [6, 6.07) is 0.398. The van der Waals surface area contributed by atoms with E-state index >= 15 is 0 Å². The summed E-state index contributed by atoms with van der Waals surface area (Å²) in [5.41, 5.74) is 0. The van der Waals surface area contributed by atoms with Crippen LogP contribution < -0.4 is 5.32 Å². The molecule has 0 radical (unpaired) electrons. The summed E-state index contributed by atoms with van der Waals surface area (Å²) in [4.78, 5) is 13.4. The molecule has 0 aromatic heterocycles. The summed E-state index contributed by atoms with van der Waals surface area (Å²) in [6.07, 6.45) is 4.88. The van der Waals surface area contributed by atoms with Crippen LogP contribution in [-0.2, 0) is 0 Å². The first-order valence-electron chi connectivity index (χ1n) is 5.49. The monoisotopic (exact) mass is 198 g/mol. The minimum Gasteiger partial charge on any atom is -0.391 e. The van der Waals surface area contributed by atoms with Gasteiger partial charge in [-0.1, -0.05) is 0 Å². The predicted octanol–water partition coefficient (Wildman–Crippen LogP) is 0.705. The van der Waals surface area contributed by atoms with Crippen LogP contribution in [0.4, 0.5) is 4.79 Å². The van der Waals surface area contributed by atoms with Crippen LogP contribution in [0.1, 0.15) is 32.1 Å². The van der Waals surface area contributed by atoms with Gasteiger partial charge in [0.2, 0.25) is 0 Å². The highest BCUT2D eigenvalue weighted by Crippen LogP contribution is 2.19. The van der Waals surface area contributed by atoms with Crippen LogP contribution in [-0.4, -0.2) is 41.3 Å². The molecule has 1 aliphatic carbocycles. The molecule has 4 heteroatoms. The second kappa shape index (κ2) is 4.17. The molecule has 2 rings (SSSR count). The van der Waals surface area contributed by atoms with Crippen LogP contribution >= 0.6 is 0 Å². The standard InChI is InChI=1S/C10H18N2O2/c13-9-5-2-6-12(7-9)10(14)11-8-3-1-4-8/h8-9,13H,1-7H2,(H,11,14). The Hall–Kier alpha value is -0.770. The van der Waals surface area contributed by atoms with Crippen molar-refractivity contribution >= 4 is 6.03 Å². The van der Waals surface area contributed by atoms with Gasteiger partial charge in [0.15, 0.2) is 0 Å². The number of carbonyl (C=O) groups excluding carboxylic acids is 1. The van der Waals surface area contributed by atoms with Gasteiger partial charge < -0.3 is 15.3 Å². The first-order valence-corrected chi connectivity index (χ1v) is 5.49. The molecule has 0 aromatic rings. The van der Waals surface area contributed by atoms with E-state index in [1.165, 1.54) is 6.42 Å². The summed E-state index contributed by atoms with van der Waals surface area (Å²) < 4.78 is 0. The van der Waals surface area contributed by atoms with E-state index in [9.17, 15) is 9.90 Å². The normalized spacial score (nSPS) is 28.4. The Kier molecular flexibility index (Phi) is 2.91. The van der Waals surface area contributed by atoms with Crippen molar-refractivity contribution in [2.24, 2.45) is 0 Å². The topological polar surface area (TPSA) is 52.6 Å². The van der Waals surface area contributed by atoms with Crippen molar-refractivity contribution < 1.29 is 9.90 Å². The third kappa shape index (κ3) is 2.18. The largest absolute Gasteiger partial charge is 0.391 e. The number of hydrogen-bond donors (Lipinski definition) is 2. The van der Waals surface area contributed by atoms with Crippen LogP contribution in [0.2, 0.25) is 0 Å². The van der Waals surface area contributed by atoms with E-state index in [2.05, 4.69) is 5.32 Å². The van der Waals surface area contributed by atoms with Gasteiger partial charge in [-0.05, 0) is 32.1 Å². The van der Waals surface area contributed by atoms with Crippen LogP contribution in [0.25, 0.3) is 0 Å². The number of rotatable bonds is 1. The molecule has 1 aliphatic heterocycles. The molecule has 0 aromatic carbocycles. The number of β-amino-alcohol motifs (C(OH)–C–C–N with tert-alkyl or cyclic N) is 1. The van der Waals surface area contributed by atoms with Crippen molar-refractivity contribution in [1.82, 2.24) is 10.2 Å². The summed E-state index contributed by atoms with van der Waals surface area (Å²) in [7, 11) is 0. The second-order valence-corrected chi connectivity index (χ2v) is 4.32. The molecule has 1 atom stereocenters. The maximum atomic E-state index is 11.7. The third-order valence-electron chi connectivity index (χ3n) is 3.12. The zero-order valence-corrected chi connectivity index (χ0v) is 8.41. The Bertz CT molecular complexity index is 216. The first-order chi connectivity index (χ1) is 6.75. The highest BCUT2D eigenvalue weighted by Gasteiger charge is 2.25. The maximum absolute atomic E-state index is 11.7. The van der Waals surface area contributed by atoms with Crippen molar-refractivity contribution in [2.75, 3.05) is 13.1 Å². The molecule has 0 spiro atoms. The molecular weight excluding hydrogens is 180 g/mol. The Morgan fingerprint density at radius 3 is 2.64 bits per heavy atom. The van der Waals surface area contributed by atoms with Crippen LogP contribution in [0, 0.1) is 0 Å². The Morgan fingerprint density at radius 1 is 1.29 bits per heavy atom. The molecule has 1 saturated carbocycles. The summed E-state index contributed by atoms with van der Waals surface area (Å²) in [5.74, 6) is 0. The molecule has 2 N–H and O–H groups in total. The van der Waals surface area contributed by atoms with E-state index in [0.717, 1.165) is 32.2 Å². The molecule has 0 bridgehead atoms. The Labute approximate surface area is 84.3 Å². The van der Waals surface area contributed by atoms with E-state index in [0.29, 0.717) is 12.6 Å². The highest BCUT2D eigenvalue weighted by molar-refractivity contribution is 5.74. The number of hydrogen-bond acceptors (Lipinski definition) is 2. The number of aliphatic hydroxyl groups excluding tert-OH is 1. The average molecular weight is 198 g/mol. The Morgan fingerprint density at radius 2 is 2.07 bits per heavy atom. The van der Waals surface area contributed by atoms with Crippen molar-refractivity contribution in [2.45, 2.75) is 44.2 Å². The quantitative estimate of drug-likeness (QED) is 0.652. The lowest BCUT2D eigenvalue weighted by Gasteiger charge is -2.34. The smallest absolute Gasteiger partial charge is 0.317 e. The van der Waals surface area contributed by atoms with Gasteiger partial charge in [-0.3, -0.25) is 0 Å². The number of piperidine rings is 1. The van der Waals surface area contributed by atoms with E-state index in [-0.39, 0.29) is 12.1 Å². The van der Waals surface area contributed by atoms with Gasteiger partial charge in [-0.2, -0.15) is 0 Å². The minimum atomic E-state index is -0.323. The number of nitrogens with one attached hydrogen (secondary N) is 1. The van der Waals surface area contributed by atoms with Gasteiger partial charge in [0.25, 0.3) is 0 Å². The van der Waals surface area contributed by atoms with Crippen LogP contribution in [0.3, 0.4) is 0 Å². The van der Waals surface area contributed by atoms with Gasteiger partial charge in [0.05, 0.1) is 6.10 Å². The van der Waals surface area contributed by atoms with Crippen LogP contribution in [0.15, 0.2) is 0 Å². The zero-order valence-electron chi connectivity index (χ0n) is 8.41. The number of urea groups is 1. The Balaban J connectivity index is 1.77. The zero-order chi connectivity index (χ0) is 9.97. The van der Waals surface area contributed by atoms with E-state index < -0.39 is 0 Å². The lowest BCUT2D eigenvalue weighted by Crippen LogP contribution is -2.51. The molecule has 80 valence electrons. The molecule has 2 aliphatic rings. The van der Waals surface area contributed by atoms with E-state index in [1.807, 2.05) is 0 Å². The average Bonchev–Trinajstić information content (AvgIpc) is 2.11. The van der Waals surface area contributed by atoms with E-state index in [4.69, 9.17) is 0 Å². The van der Waals surface area contributed by atoms with Gasteiger partial charge in [0, 0.05) is 19.1 Å². The lowest BCUT2D eigenvalue weighted by molar-refractivity contribution is 0.0821. The lowest BCUT2D eigenvalue weighted by atomic mass is 9.93. The van der Waals surface area contributed by atoms with Gasteiger partial charge >= 0.3 is 6.03 Å². The van der Waals surface area contributed by atoms with Gasteiger partial charge in [-0.15, -0.1) is 0 Å². The molecule has 1 unspecified atom stereocenters. The van der Waals surface area contributed by atoms with Crippen LogP contribution in [0.5, 0.6) is 0 Å². The van der Waals surface area contributed by atoms with Crippen molar-refractivity contribution in [3.05, 3.63) is 0 Å². The molecule has 1 heterocycles. The molecule has 1 saturated heterocycles. The van der Waals surface area contributed by atoms with Crippen molar-refractivity contribution in [1.29, 1.82) is 0 Å². The number of aliphatic hydroxyl groups is 1. The molecule has 14 heavy (non-hydrogen) atoms. The number of likely N-dealkylation sites (tertiary alicyclic amines) is 1. The third-order valence-corrected chi connectivity index (χ3v) is 3.12. The minimum absolute atomic E-state index is 0.00782. The van der Waals surface area contributed by atoms with Gasteiger partial charge in [0.1, 0.15) is 0 Å². The highest BCUT2D eigenvalue weighted by atomic mass is 16.3. The molecule has 2 fully saturated rings. The van der Waals surface area contributed by atoms with Crippen molar-refractivity contribution in [3.8, 4) is 0 Å². The molecule has 4 nitrogen and oxygen atoms in total. The predicted molar refractivity (Wildman–Crippen MR) is 53.0 cm³/mol. The fourth-order valence-corrected chi connectivity index (χ4v) is 1.96. The fraction of sp³-hybridized carbons (Fsp3) is 0.900. The number of nitrogens with zero attached hydrogens (tertiary/aromatic N) is 1. The maximum Gasteiger partial charge on any atom is 0.317 e. The number of carbonyl (C=O) groups is 1.